The third kappa shape index (κ3) is 3.46. The first-order valence-electron chi connectivity index (χ1n) is 9.48. The molecule has 2 aliphatic rings. The second kappa shape index (κ2) is 6.84. The fourth-order valence-corrected chi connectivity index (χ4v) is 3.69. The molecule has 0 saturated heterocycles. The molecule has 8 heteroatoms. The van der Waals surface area contributed by atoms with Crippen molar-refractivity contribution in [3.63, 3.8) is 0 Å². The first-order valence-corrected chi connectivity index (χ1v) is 9.86. The largest absolute Gasteiger partial charge is 0.421 e. The summed E-state index contributed by atoms with van der Waals surface area (Å²) in [6, 6.07) is 7.06. The van der Waals surface area contributed by atoms with Crippen LogP contribution in [0.3, 0.4) is 0 Å². The molecular formula is C21H19ClFN5O. The lowest BCUT2D eigenvalue weighted by molar-refractivity contribution is 0.410. The Morgan fingerprint density at radius 2 is 2.03 bits per heavy atom. The van der Waals surface area contributed by atoms with E-state index in [1.54, 1.807) is 17.0 Å². The van der Waals surface area contributed by atoms with Gasteiger partial charge < -0.3 is 9.64 Å². The molecule has 0 amide bonds. The van der Waals surface area contributed by atoms with Gasteiger partial charge in [0.1, 0.15) is 11.0 Å². The second-order valence-corrected chi connectivity index (χ2v) is 7.95. The number of nitrogens with zero attached hydrogens (tertiary/aromatic N) is 4. The first-order chi connectivity index (χ1) is 14.0. The summed E-state index contributed by atoms with van der Waals surface area (Å²) < 4.78 is 20.5. The SMILES string of the molecule is CC1=Cc2c(ccc(Oc3nc(Cl)cc(N(C)c4cc(C5CC5)[nH]n4)n3)c2F)C1. The van der Waals surface area contributed by atoms with Gasteiger partial charge in [0.15, 0.2) is 17.4 Å². The number of hydrogen-bond acceptors (Lipinski definition) is 5. The third-order valence-electron chi connectivity index (χ3n) is 5.25. The monoisotopic (exact) mass is 411 g/mol. The normalized spacial score (nSPS) is 15.2. The Hall–Kier alpha value is -2.93. The van der Waals surface area contributed by atoms with E-state index >= 15 is 0 Å². The first kappa shape index (κ1) is 18.1. The van der Waals surface area contributed by atoms with Crippen LogP contribution in [0.1, 0.15) is 42.5 Å². The van der Waals surface area contributed by atoms with E-state index in [4.69, 9.17) is 16.3 Å². The molecular weight excluding hydrogens is 393 g/mol. The number of allylic oxidation sites excluding steroid dienone is 1. The average molecular weight is 412 g/mol. The highest BCUT2D eigenvalue weighted by molar-refractivity contribution is 6.29. The van der Waals surface area contributed by atoms with Crippen LogP contribution in [-0.4, -0.2) is 27.2 Å². The van der Waals surface area contributed by atoms with E-state index in [9.17, 15) is 4.39 Å². The Labute approximate surface area is 172 Å². The Kier molecular flexibility index (Phi) is 4.28. The molecule has 2 aromatic heterocycles. The molecule has 0 aliphatic heterocycles. The van der Waals surface area contributed by atoms with Gasteiger partial charge in [-0.25, -0.2) is 4.39 Å². The summed E-state index contributed by atoms with van der Waals surface area (Å²) in [6.07, 6.45) is 4.96. The predicted octanol–water partition coefficient (Wildman–Crippen LogP) is 5.39. The molecule has 3 aromatic rings. The summed E-state index contributed by atoms with van der Waals surface area (Å²) in [7, 11) is 1.83. The van der Waals surface area contributed by atoms with Crippen LogP contribution in [0, 0.1) is 5.82 Å². The lowest BCUT2D eigenvalue weighted by Gasteiger charge is -2.16. The molecule has 0 atom stereocenters. The van der Waals surface area contributed by atoms with E-state index in [-0.39, 0.29) is 16.9 Å². The van der Waals surface area contributed by atoms with Gasteiger partial charge in [0.05, 0.1) is 0 Å². The topological polar surface area (TPSA) is 66.9 Å². The van der Waals surface area contributed by atoms with Crippen LogP contribution >= 0.6 is 11.6 Å². The summed E-state index contributed by atoms with van der Waals surface area (Å²) >= 11 is 6.18. The van der Waals surface area contributed by atoms with Gasteiger partial charge in [-0.1, -0.05) is 29.3 Å². The van der Waals surface area contributed by atoms with E-state index in [1.807, 2.05) is 32.2 Å². The van der Waals surface area contributed by atoms with E-state index < -0.39 is 5.82 Å². The fourth-order valence-electron chi connectivity index (χ4n) is 3.52. The van der Waals surface area contributed by atoms with E-state index in [0.29, 0.717) is 17.3 Å². The molecule has 2 heterocycles. The van der Waals surface area contributed by atoms with Crippen molar-refractivity contribution < 1.29 is 9.13 Å². The van der Waals surface area contributed by atoms with Crippen LogP contribution in [0.25, 0.3) is 6.08 Å². The number of anilines is 2. The van der Waals surface area contributed by atoms with Gasteiger partial charge in [-0.2, -0.15) is 15.1 Å². The number of hydrogen-bond donors (Lipinski definition) is 1. The lowest BCUT2D eigenvalue weighted by Crippen LogP contribution is -2.12. The van der Waals surface area contributed by atoms with Gasteiger partial charge in [0.25, 0.3) is 0 Å². The lowest BCUT2D eigenvalue weighted by atomic mass is 10.1. The predicted molar refractivity (Wildman–Crippen MR) is 109 cm³/mol. The molecule has 1 saturated carbocycles. The molecule has 1 fully saturated rings. The molecule has 0 spiro atoms. The number of aromatic nitrogens is 4. The molecule has 0 radical (unpaired) electrons. The molecule has 2 aliphatic carbocycles. The second-order valence-electron chi connectivity index (χ2n) is 7.57. The van der Waals surface area contributed by atoms with Crippen LogP contribution < -0.4 is 9.64 Å². The van der Waals surface area contributed by atoms with Crippen molar-refractivity contribution in [2.24, 2.45) is 0 Å². The smallest absolute Gasteiger partial charge is 0.325 e. The van der Waals surface area contributed by atoms with Gasteiger partial charge in [0, 0.05) is 36.4 Å². The summed E-state index contributed by atoms with van der Waals surface area (Å²) in [4.78, 5) is 10.3. The summed E-state index contributed by atoms with van der Waals surface area (Å²) in [5.41, 5.74) is 3.74. The Bertz CT molecular complexity index is 1140. The standard InChI is InChI=1S/C21H19ClFN5O/c1-11-7-13-5-6-16(20(23)14(13)8-11)29-21-24-17(22)10-18(25-21)28(2)19-9-15(26-27-19)12-3-4-12/h5-6,8-10,12H,3-4,7H2,1-2H3,(H,26,27). The van der Waals surface area contributed by atoms with Crippen molar-refractivity contribution in [1.29, 1.82) is 0 Å². The Balaban J connectivity index is 1.43. The van der Waals surface area contributed by atoms with Crippen molar-refractivity contribution in [2.75, 3.05) is 11.9 Å². The Morgan fingerprint density at radius 1 is 1.21 bits per heavy atom. The van der Waals surface area contributed by atoms with Crippen molar-refractivity contribution in [1.82, 2.24) is 20.2 Å². The fraction of sp³-hybridized carbons (Fsp3) is 0.286. The minimum absolute atomic E-state index is 0.0187. The minimum atomic E-state index is -0.417. The van der Waals surface area contributed by atoms with Crippen molar-refractivity contribution in [2.45, 2.75) is 32.1 Å². The van der Waals surface area contributed by atoms with Crippen molar-refractivity contribution in [3.8, 4) is 11.8 Å². The quantitative estimate of drug-likeness (QED) is 0.570. The number of rotatable bonds is 5. The van der Waals surface area contributed by atoms with Gasteiger partial charge >= 0.3 is 6.01 Å². The van der Waals surface area contributed by atoms with Crippen molar-refractivity contribution in [3.05, 3.63) is 57.6 Å². The number of H-pyrrole nitrogens is 1. The molecule has 29 heavy (non-hydrogen) atoms. The molecule has 5 rings (SSSR count). The number of aromatic amines is 1. The van der Waals surface area contributed by atoms with Crippen LogP contribution in [0.2, 0.25) is 5.15 Å². The summed E-state index contributed by atoms with van der Waals surface area (Å²) in [6.45, 7) is 1.98. The summed E-state index contributed by atoms with van der Waals surface area (Å²) in [5, 5.41) is 7.62. The number of benzene rings is 1. The minimum Gasteiger partial charge on any atom is -0.421 e. The average Bonchev–Trinajstić information content (AvgIpc) is 3.29. The molecule has 1 N–H and O–H groups in total. The highest BCUT2D eigenvalue weighted by Crippen LogP contribution is 2.40. The van der Waals surface area contributed by atoms with Crippen LogP contribution in [-0.2, 0) is 6.42 Å². The maximum Gasteiger partial charge on any atom is 0.325 e. The van der Waals surface area contributed by atoms with Crippen LogP contribution in [0.15, 0.2) is 29.8 Å². The number of halogens is 2. The maximum atomic E-state index is 14.9. The number of ether oxygens (including phenoxy) is 1. The van der Waals surface area contributed by atoms with Crippen molar-refractivity contribution >= 4 is 29.3 Å². The highest BCUT2D eigenvalue weighted by Gasteiger charge is 2.26. The molecule has 148 valence electrons. The molecule has 0 unspecified atom stereocenters. The third-order valence-corrected chi connectivity index (χ3v) is 5.44. The van der Waals surface area contributed by atoms with Crippen LogP contribution in [0.4, 0.5) is 16.0 Å². The zero-order chi connectivity index (χ0) is 20.1. The van der Waals surface area contributed by atoms with E-state index in [2.05, 4.69) is 20.2 Å². The summed E-state index contributed by atoms with van der Waals surface area (Å²) in [5.74, 6) is 1.45. The maximum absolute atomic E-state index is 14.9. The van der Waals surface area contributed by atoms with Gasteiger partial charge in [-0.3, -0.25) is 5.10 Å². The highest BCUT2D eigenvalue weighted by atomic mass is 35.5. The Morgan fingerprint density at radius 3 is 2.83 bits per heavy atom. The van der Waals surface area contributed by atoms with E-state index in [1.165, 1.54) is 12.8 Å². The number of nitrogens with one attached hydrogen (secondary N) is 1. The number of fused-ring (bicyclic) bond motifs is 1. The van der Waals surface area contributed by atoms with E-state index in [0.717, 1.165) is 29.1 Å². The zero-order valence-corrected chi connectivity index (χ0v) is 16.8. The zero-order valence-electron chi connectivity index (χ0n) is 16.0. The van der Waals surface area contributed by atoms with Crippen LogP contribution in [0.5, 0.6) is 11.8 Å². The molecule has 6 nitrogen and oxygen atoms in total. The van der Waals surface area contributed by atoms with Gasteiger partial charge in [-0.05, 0) is 37.8 Å². The van der Waals surface area contributed by atoms with Gasteiger partial charge in [-0.15, -0.1) is 0 Å². The molecule has 1 aromatic carbocycles. The van der Waals surface area contributed by atoms with Gasteiger partial charge in [0.2, 0.25) is 0 Å². The molecule has 0 bridgehead atoms.